The van der Waals surface area contributed by atoms with Gasteiger partial charge in [0.05, 0.1) is 12.3 Å². The molecule has 1 atom stereocenters. The van der Waals surface area contributed by atoms with E-state index < -0.39 is 30.2 Å². The molecule has 3 amide bonds. The predicted octanol–water partition coefficient (Wildman–Crippen LogP) is 1.65. The van der Waals surface area contributed by atoms with Crippen molar-refractivity contribution in [2.24, 2.45) is 11.7 Å². The fraction of sp³-hybridized carbons (Fsp3) is 0.571. The quantitative estimate of drug-likeness (QED) is 0.573. The molecule has 1 heterocycles. The van der Waals surface area contributed by atoms with Crippen molar-refractivity contribution in [3.05, 3.63) is 23.8 Å². The lowest BCUT2D eigenvalue weighted by atomic mass is 10.1. The van der Waals surface area contributed by atoms with Crippen LogP contribution in [0.1, 0.15) is 37.7 Å². The minimum Gasteiger partial charge on any atom is -0.370 e. The van der Waals surface area contributed by atoms with Gasteiger partial charge in [0.2, 0.25) is 5.91 Å². The number of nitrogens with two attached hydrogens (primary N) is 1. The van der Waals surface area contributed by atoms with Crippen LogP contribution in [-0.4, -0.2) is 61.0 Å². The lowest BCUT2D eigenvalue weighted by Gasteiger charge is -2.30. The van der Waals surface area contributed by atoms with Crippen molar-refractivity contribution in [1.29, 1.82) is 0 Å². The average molecular weight is 436 g/mol. The van der Waals surface area contributed by atoms with E-state index in [1.807, 2.05) is 4.90 Å². The van der Waals surface area contributed by atoms with Gasteiger partial charge >= 0.3 is 0 Å². The SMILES string of the molecule is NC(=O)[C@H](C(=O)Nc1ccc(N2CCOCC2=O)c(C(F)F)c1)N(CC1CC1)C1CC1. The van der Waals surface area contributed by atoms with Crippen LogP contribution in [0.5, 0.6) is 0 Å². The van der Waals surface area contributed by atoms with Crippen LogP contribution in [0.15, 0.2) is 18.2 Å². The van der Waals surface area contributed by atoms with Gasteiger partial charge < -0.3 is 20.7 Å². The average Bonchev–Trinajstić information content (AvgIpc) is 3.61. The zero-order valence-electron chi connectivity index (χ0n) is 17.1. The van der Waals surface area contributed by atoms with Crippen molar-refractivity contribution in [2.75, 3.05) is 36.5 Å². The summed E-state index contributed by atoms with van der Waals surface area (Å²) in [5.41, 5.74) is 5.38. The zero-order chi connectivity index (χ0) is 22.1. The number of carbonyl (C=O) groups excluding carboxylic acids is 3. The van der Waals surface area contributed by atoms with Gasteiger partial charge in [0.15, 0.2) is 6.04 Å². The first-order valence-corrected chi connectivity index (χ1v) is 10.5. The highest BCUT2D eigenvalue weighted by atomic mass is 19.3. The molecule has 8 nitrogen and oxygen atoms in total. The number of carbonyl (C=O) groups is 3. The second-order valence-electron chi connectivity index (χ2n) is 8.34. The molecular formula is C21H26F2N4O4. The number of alkyl halides is 2. The third-order valence-electron chi connectivity index (χ3n) is 5.84. The molecule has 1 saturated heterocycles. The number of ether oxygens (including phenoxy) is 1. The molecule has 3 N–H and O–H groups in total. The zero-order valence-corrected chi connectivity index (χ0v) is 17.1. The molecule has 1 aliphatic heterocycles. The van der Waals surface area contributed by atoms with Gasteiger partial charge in [0.1, 0.15) is 6.61 Å². The van der Waals surface area contributed by atoms with E-state index in [4.69, 9.17) is 10.5 Å². The maximum absolute atomic E-state index is 13.7. The minimum absolute atomic E-state index is 0.0843. The molecule has 168 valence electrons. The monoisotopic (exact) mass is 436 g/mol. The molecule has 31 heavy (non-hydrogen) atoms. The maximum Gasteiger partial charge on any atom is 0.265 e. The third kappa shape index (κ3) is 5.01. The van der Waals surface area contributed by atoms with Crippen LogP contribution in [0.3, 0.4) is 0 Å². The Morgan fingerprint density at radius 2 is 2.00 bits per heavy atom. The molecule has 1 aromatic carbocycles. The summed E-state index contributed by atoms with van der Waals surface area (Å²) >= 11 is 0. The number of hydrogen-bond acceptors (Lipinski definition) is 5. The molecule has 0 radical (unpaired) electrons. The number of nitrogens with one attached hydrogen (secondary N) is 1. The highest BCUT2D eigenvalue weighted by molar-refractivity contribution is 6.09. The first-order chi connectivity index (χ1) is 14.8. The lowest BCUT2D eigenvalue weighted by Crippen LogP contribution is -2.53. The Hall–Kier alpha value is -2.59. The van der Waals surface area contributed by atoms with Gasteiger partial charge in [-0.1, -0.05) is 0 Å². The molecule has 1 aromatic rings. The number of halogens is 2. The standard InChI is InChI=1S/C21H26F2N4O4/c22-19(23)15-9-13(3-6-16(15)26-7-8-31-11-17(26)28)25-21(30)18(20(24)29)27(14-4-5-14)10-12-1-2-12/h3,6,9,12,14,18-19H,1-2,4-5,7-8,10-11H2,(H2,24,29)(H,25,30)/t18-/m1/s1. The fourth-order valence-corrected chi connectivity index (χ4v) is 3.95. The molecule has 0 aromatic heterocycles. The Morgan fingerprint density at radius 3 is 2.58 bits per heavy atom. The number of hydrogen-bond donors (Lipinski definition) is 2. The summed E-state index contributed by atoms with van der Waals surface area (Å²) in [6.45, 7) is 0.891. The normalized spacial score (nSPS) is 20.3. The van der Waals surface area contributed by atoms with E-state index in [0.29, 0.717) is 12.5 Å². The third-order valence-corrected chi connectivity index (χ3v) is 5.84. The first-order valence-electron chi connectivity index (χ1n) is 10.5. The molecule has 2 saturated carbocycles. The van der Waals surface area contributed by atoms with Crippen molar-refractivity contribution in [3.63, 3.8) is 0 Å². The first kappa shape index (κ1) is 21.6. The fourth-order valence-electron chi connectivity index (χ4n) is 3.95. The van der Waals surface area contributed by atoms with Crippen LogP contribution in [0.4, 0.5) is 20.2 Å². The van der Waals surface area contributed by atoms with Crippen molar-refractivity contribution < 1.29 is 27.9 Å². The van der Waals surface area contributed by atoms with Gasteiger partial charge in [-0.3, -0.25) is 19.3 Å². The molecule has 4 rings (SSSR count). The number of nitrogens with zero attached hydrogens (tertiary/aromatic N) is 2. The molecule has 0 unspecified atom stereocenters. The summed E-state index contributed by atoms with van der Waals surface area (Å²) in [5, 5.41) is 2.57. The van der Waals surface area contributed by atoms with E-state index in [1.165, 1.54) is 17.0 Å². The minimum atomic E-state index is -2.85. The number of benzene rings is 1. The van der Waals surface area contributed by atoms with Crippen molar-refractivity contribution in [1.82, 2.24) is 4.90 Å². The topological polar surface area (TPSA) is 105 Å². The van der Waals surface area contributed by atoms with E-state index >= 15 is 0 Å². The van der Waals surface area contributed by atoms with Crippen LogP contribution >= 0.6 is 0 Å². The van der Waals surface area contributed by atoms with Gasteiger partial charge in [0.25, 0.3) is 18.2 Å². The molecular weight excluding hydrogens is 410 g/mol. The van der Waals surface area contributed by atoms with Crippen LogP contribution < -0.4 is 16.0 Å². The number of rotatable bonds is 9. The van der Waals surface area contributed by atoms with Crippen LogP contribution in [0.25, 0.3) is 0 Å². The highest BCUT2D eigenvalue weighted by Gasteiger charge is 2.42. The van der Waals surface area contributed by atoms with Gasteiger partial charge in [-0.05, 0) is 49.8 Å². The van der Waals surface area contributed by atoms with Crippen LogP contribution in [0, 0.1) is 5.92 Å². The number of amides is 3. The predicted molar refractivity (Wildman–Crippen MR) is 109 cm³/mol. The molecule has 3 fully saturated rings. The molecule has 10 heteroatoms. The lowest BCUT2D eigenvalue weighted by molar-refractivity contribution is -0.133. The molecule has 2 aliphatic carbocycles. The van der Waals surface area contributed by atoms with E-state index in [0.717, 1.165) is 31.7 Å². The summed E-state index contributed by atoms with van der Waals surface area (Å²) < 4.78 is 32.5. The molecule has 0 spiro atoms. The van der Waals surface area contributed by atoms with E-state index in [2.05, 4.69) is 5.32 Å². The summed E-state index contributed by atoms with van der Waals surface area (Å²) in [6, 6.07) is 2.96. The van der Waals surface area contributed by atoms with Gasteiger partial charge in [-0.15, -0.1) is 0 Å². The maximum atomic E-state index is 13.7. The van der Waals surface area contributed by atoms with Gasteiger partial charge in [-0.2, -0.15) is 0 Å². The van der Waals surface area contributed by atoms with Crippen molar-refractivity contribution in [3.8, 4) is 0 Å². The summed E-state index contributed by atoms with van der Waals surface area (Å²) in [4.78, 5) is 40.2. The second kappa shape index (κ2) is 8.88. The number of morpholine rings is 1. The van der Waals surface area contributed by atoms with Crippen LogP contribution in [0.2, 0.25) is 0 Å². The molecule has 3 aliphatic rings. The summed E-state index contributed by atoms with van der Waals surface area (Å²) in [7, 11) is 0. The smallest absolute Gasteiger partial charge is 0.265 e. The van der Waals surface area contributed by atoms with E-state index in [-0.39, 0.29) is 42.7 Å². The summed E-state index contributed by atoms with van der Waals surface area (Å²) in [5.74, 6) is -1.32. The highest BCUT2D eigenvalue weighted by Crippen LogP contribution is 2.37. The van der Waals surface area contributed by atoms with Crippen LogP contribution in [-0.2, 0) is 19.1 Å². The van der Waals surface area contributed by atoms with Crippen molar-refractivity contribution >= 4 is 29.1 Å². The van der Waals surface area contributed by atoms with E-state index in [1.54, 1.807) is 0 Å². The number of anilines is 2. The Labute approximate surface area is 178 Å². The Morgan fingerprint density at radius 1 is 1.26 bits per heavy atom. The Kier molecular flexibility index (Phi) is 6.19. The number of primary amides is 1. The Bertz CT molecular complexity index is 873. The molecule has 0 bridgehead atoms. The second-order valence-corrected chi connectivity index (χ2v) is 8.34. The van der Waals surface area contributed by atoms with E-state index in [9.17, 15) is 23.2 Å². The summed E-state index contributed by atoms with van der Waals surface area (Å²) in [6.07, 6.45) is 1.08. The Balaban J connectivity index is 1.54. The largest absolute Gasteiger partial charge is 0.370 e. The van der Waals surface area contributed by atoms with Crippen molar-refractivity contribution in [2.45, 2.75) is 44.2 Å². The van der Waals surface area contributed by atoms with Gasteiger partial charge in [-0.25, -0.2) is 8.78 Å². The van der Waals surface area contributed by atoms with Gasteiger partial charge in [0, 0.05) is 30.4 Å².